The maximum Gasteiger partial charge on any atom is 0.341 e. The van der Waals surface area contributed by atoms with Crippen LogP contribution in [0.1, 0.15) is 57.7 Å². The van der Waals surface area contributed by atoms with Gasteiger partial charge in [0.15, 0.2) is 17.1 Å². The Bertz CT molecular complexity index is 1270. The van der Waals surface area contributed by atoms with Gasteiger partial charge >= 0.3 is 5.97 Å². The summed E-state index contributed by atoms with van der Waals surface area (Å²) < 4.78 is 13.0. The number of methoxy groups -OCH3 is 1. The number of allylic oxidation sites excluding steroid dienone is 1. The van der Waals surface area contributed by atoms with E-state index in [1.807, 2.05) is 51.3 Å². The van der Waals surface area contributed by atoms with Crippen LogP contribution in [0.3, 0.4) is 0 Å². The van der Waals surface area contributed by atoms with Crippen molar-refractivity contribution in [1.29, 1.82) is 0 Å². The van der Waals surface area contributed by atoms with E-state index in [0.29, 0.717) is 34.5 Å². The number of amides is 1. The molecule has 0 radical (unpaired) electrons. The number of benzene rings is 1. The molecule has 0 aliphatic carbocycles. The fourth-order valence-electron chi connectivity index (χ4n) is 3.89. The van der Waals surface area contributed by atoms with E-state index in [2.05, 4.69) is 28.2 Å². The molecule has 0 aliphatic heterocycles. The lowest BCUT2D eigenvalue weighted by Gasteiger charge is -2.17. The van der Waals surface area contributed by atoms with Crippen molar-refractivity contribution < 1.29 is 19.1 Å². The lowest BCUT2D eigenvalue weighted by Crippen LogP contribution is -2.17. The monoisotopic (exact) mass is 528 g/mol. The number of hydrogen-bond acceptors (Lipinski definition) is 8. The number of ether oxygens (including phenoxy) is 2. The zero-order valence-electron chi connectivity index (χ0n) is 21.5. The van der Waals surface area contributed by atoms with Crippen LogP contribution in [0.25, 0.3) is 0 Å². The van der Waals surface area contributed by atoms with E-state index in [1.54, 1.807) is 6.08 Å². The number of nitrogens with zero attached hydrogens (tertiary/aromatic N) is 3. The number of carbonyl (C=O) groups excluding carboxylic acids is 2. The molecule has 1 N–H and O–H groups in total. The van der Waals surface area contributed by atoms with Crippen LogP contribution >= 0.6 is 23.1 Å². The van der Waals surface area contributed by atoms with Crippen LogP contribution in [-0.2, 0) is 22.5 Å². The topological polar surface area (TPSA) is 95.3 Å². The third-order valence-electron chi connectivity index (χ3n) is 5.59. The van der Waals surface area contributed by atoms with Crippen LogP contribution in [-0.4, -0.2) is 39.5 Å². The molecule has 0 fully saturated rings. The predicted molar refractivity (Wildman–Crippen MR) is 144 cm³/mol. The number of nitrogens with one attached hydrogen (secondary N) is 1. The normalized spacial score (nSPS) is 11.7. The molecule has 8 nitrogen and oxygen atoms in total. The molecule has 192 valence electrons. The Morgan fingerprint density at radius 1 is 1.28 bits per heavy atom. The van der Waals surface area contributed by atoms with Crippen molar-refractivity contribution >= 4 is 40.0 Å². The quantitative estimate of drug-likeness (QED) is 0.195. The minimum atomic E-state index is -0.452. The molecule has 1 atom stereocenters. The summed E-state index contributed by atoms with van der Waals surface area (Å²) in [6, 6.07) is 6.03. The third kappa shape index (κ3) is 6.17. The summed E-state index contributed by atoms with van der Waals surface area (Å²) in [6.45, 7) is 14.2. The van der Waals surface area contributed by atoms with Crippen LogP contribution in [0.2, 0.25) is 0 Å². The van der Waals surface area contributed by atoms with Crippen molar-refractivity contribution in [2.24, 2.45) is 0 Å². The summed E-state index contributed by atoms with van der Waals surface area (Å²) in [7, 11) is 1.34. The number of esters is 1. The number of thiophene rings is 1. The maximum absolute atomic E-state index is 12.8. The van der Waals surface area contributed by atoms with Gasteiger partial charge in [-0.15, -0.1) is 28.1 Å². The fourth-order valence-corrected chi connectivity index (χ4v) is 5.79. The average Bonchev–Trinajstić information content (AvgIpc) is 3.38. The minimum absolute atomic E-state index is 0.0978. The van der Waals surface area contributed by atoms with Gasteiger partial charge < -0.3 is 14.8 Å². The Morgan fingerprint density at radius 3 is 2.67 bits per heavy atom. The van der Waals surface area contributed by atoms with E-state index in [-0.39, 0.29) is 17.8 Å². The summed E-state index contributed by atoms with van der Waals surface area (Å²) in [6.07, 6.45) is 2.07. The third-order valence-corrected chi connectivity index (χ3v) is 7.62. The molecule has 1 unspecified atom stereocenters. The predicted octanol–water partition coefficient (Wildman–Crippen LogP) is 5.67. The highest BCUT2D eigenvalue weighted by molar-refractivity contribution is 7.99. The molecular formula is C26H32N4O4S2. The van der Waals surface area contributed by atoms with E-state index >= 15 is 0 Å². The fraction of sp³-hybridized carbons (Fsp3) is 0.385. The molecule has 36 heavy (non-hydrogen) atoms. The number of thioether (sulfide) groups is 1. The molecule has 3 rings (SSSR count). The summed E-state index contributed by atoms with van der Waals surface area (Å²) in [5.41, 5.74) is 3.53. The van der Waals surface area contributed by atoms with Gasteiger partial charge in [0.2, 0.25) is 5.91 Å². The molecule has 0 saturated carbocycles. The number of hydrogen-bond donors (Lipinski definition) is 1. The van der Waals surface area contributed by atoms with Crippen molar-refractivity contribution in [3.63, 3.8) is 0 Å². The van der Waals surface area contributed by atoms with E-state index in [1.165, 1.54) is 35.8 Å². The molecule has 2 aromatic heterocycles. The Labute approximate surface area is 220 Å². The van der Waals surface area contributed by atoms with E-state index in [0.717, 1.165) is 21.8 Å². The summed E-state index contributed by atoms with van der Waals surface area (Å²) in [4.78, 5) is 26.1. The van der Waals surface area contributed by atoms with Crippen LogP contribution in [0.15, 0.2) is 36.0 Å². The molecule has 1 aromatic carbocycles. The van der Waals surface area contributed by atoms with E-state index < -0.39 is 5.97 Å². The van der Waals surface area contributed by atoms with Crippen molar-refractivity contribution in [2.75, 3.05) is 18.2 Å². The number of carbonyl (C=O) groups is 2. The van der Waals surface area contributed by atoms with Crippen molar-refractivity contribution in [3.8, 4) is 5.75 Å². The second-order valence-corrected chi connectivity index (χ2v) is 10.5. The molecular weight excluding hydrogens is 496 g/mol. The number of aromatic nitrogens is 3. The van der Waals surface area contributed by atoms with Crippen LogP contribution in [0.5, 0.6) is 5.75 Å². The second kappa shape index (κ2) is 12.2. The highest BCUT2D eigenvalue weighted by Crippen LogP contribution is 2.34. The standard InChI is InChI=1S/C26H32N4O4S2/c1-8-12-30-23(17(5)34-20-11-10-15(3)13-16(20)4)28-29-26(30)35-14-21(31)27-24-22(25(32)33-7)19(9-2)18(6)36-24/h8,10-11,13,17H,1,9,12,14H2,2-7H3,(H,27,31). The first-order valence-corrected chi connectivity index (χ1v) is 13.4. The van der Waals surface area contributed by atoms with Gasteiger partial charge in [-0.25, -0.2) is 4.79 Å². The van der Waals surface area contributed by atoms with Crippen molar-refractivity contribution in [1.82, 2.24) is 14.8 Å². The summed E-state index contributed by atoms with van der Waals surface area (Å²) in [5.74, 6) is 0.831. The molecule has 0 bridgehead atoms. The average molecular weight is 529 g/mol. The van der Waals surface area contributed by atoms with Gasteiger partial charge in [-0.05, 0) is 51.3 Å². The minimum Gasteiger partial charge on any atom is -0.482 e. The first-order chi connectivity index (χ1) is 17.2. The Balaban J connectivity index is 1.73. The molecule has 2 heterocycles. The van der Waals surface area contributed by atoms with Crippen LogP contribution < -0.4 is 10.1 Å². The van der Waals surface area contributed by atoms with Gasteiger partial charge in [0.1, 0.15) is 10.8 Å². The number of aryl methyl sites for hydroxylation is 3. The van der Waals surface area contributed by atoms with Gasteiger partial charge in [0, 0.05) is 11.4 Å². The van der Waals surface area contributed by atoms with Crippen molar-refractivity contribution in [2.45, 2.75) is 58.8 Å². The zero-order chi connectivity index (χ0) is 26.4. The van der Waals surface area contributed by atoms with Gasteiger partial charge in [0.05, 0.1) is 18.4 Å². The Hall–Kier alpha value is -3.11. The SMILES string of the molecule is C=CCn1c(SCC(=O)Nc2sc(C)c(CC)c2C(=O)OC)nnc1C(C)Oc1ccc(C)cc1C. The molecule has 0 spiro atoms. The maximum atomic E-state index is 12.8. The van der Waals surface area contributed by atoms with E-state index in [9.17, 15) is 9.59 Å². The zero-order valence-corrected chi connectivity index (χ0v) is 23.1. The second-order valence-electron chi connectivity index (χ2n) is 8.29. The molecule has 0 aliphatic rings. The van der Waals surface area contributed by atoms with Gasteiger partial charge in [0.25, 0.3) is 0 Å². The first-order valence-electron chi connectivity index (χ1n) is 11.6. The Morgan fingerprint density at radius 2 is 2.03 bits per heavy atom. The van der Waals surface area contributed by atoms with Gasteiger partial charge in [-0.1, -0.05) is 42.5 Å². The summed E-state index contributed by atoms with van der Waals surface area (Å²) >= 11 is 2.64. The molecule has 0 saturated heterocycles. The van der Waals surface area contributed by atoms with Gasteiger partial charge in [-0.2, -0.15) is 0 Å². The molecule has 10 heteroatoms. The van der Waals surface area contributed by atoms with Crippen LogP contribution in [0.4, 0.5) is 5.00 Å². The lowest BCUT2D eigenvalue weighted by atomic mass is 10.1. The Kier molecular flexibility index (Phi) is 9.33. The van der Waals surface area contributed by atoms with E-state index in [4.69, 9.17) is 9.47 Å². The molecule has 1 amide bonds. The van der Waals surface area contributed by atoms with Crippen molar-refractivity contribution in [3.05, 3.63) is 63.8 Å². The first kappa shape index (κ1) is 27.5. The lowest BCUT2D eigenvalue weighted by molar-refractivity contribution is -0.113. The smallest absolute Gasteiger partial charge is 0.341 e. The number of rotatable bonds is 11. The molecule has 3 aromatic rings. The summed E-state index contributed by atoms with van der Waals surface area (Å²) in [5, 5.41) is 12.6. The van der Waals surface area contributed by atoms with Crippen LogP contribution in [0, 0.1) is 20.8 Å². The number of anilines is 1. The highest BCUT2D eigenvalue weighted by Gasteiger charge is 2.24. The van der Waals surface area contributed by atoms with Gasteiger partial charge in [-0.3, -0.25) is 9.36 Å². The largest absolute Gasteiger partial charge is 0.482 e. The highest BCUT2D eigenvalue weighted by atomic mass is 32.2.